The van der Waals surface area contributed by atoms with Crippen LogP contribution in [0.4, 0.5) is 0 Å². The fourth-order valence-electron chi connectivity index (χ4n) is 2.41. The van der Waals surface area contributed by atoms with Crippen LogP contribution in [0.5, 0.6) is 5.75 Å². The molecule has 1 N–H and O–H groups in total. The summed E-state index contributed by atoms with van der Waals surface area (Å²) in [4.78, 5) is 23.0. The zero-order valence-corrected chi connectivity index (χ0v) is 11.6. The lowest BCUT2D eigenvalue weighted by Crippen LogP contribution is -2.24. The van der Waals surface area contributed by atoms with Gasteiger partial charge in [-0.1, -0.05) is 32.9 Å². The van der Waals surface area contributed by atoms with Gasteiger partial charge in [-0.15, -0.1) is 0 Å². The number of ether oxygens (including phenoxy) is 1. The molecule has 1 aromatic rings. The average Bonchev–Trinajstić information content (AvgIpc) is 2.61. The lowest BCUT2D eigenvalue weighted by molar-refractivity contribution is -0.138. The van der Waals surface area contributed by atoms with Crippen molar-refractivity contribution < 1.29 is 19.4 Å². The van der Waals surface area contributed by atoms with Crippen LogP contribution in [-0.2, 0) is 9.59 Å². The van der Waals surface area contributed by atoms with Gasteiger partial charge in [0.15, 0.2) is 0 Å². The highest BCUT2D eigenvalue weighted by atomic mass is 16.5. The van der Waals surface area contributed by atoms with Crippen LogP contribution < -0.4 is 4.74 Å². The first kappa shape index (κ1) is 13.6. The van der Waals surface area contributed by atoms with Crippen LogP contribution in [-0.4, -0.2) is 17.0 Å². The Bertz CT molecular complexity index is 540. The molecule has 4 heteroatoms. The number of rotatable bonds is 2. The van der Waals surface area contributed by atoms with E-state index in [1.165, 1.54) is 0 Å². The largest absolute Gasteiger partial charge is 0.481 e. The quantitative estimate of drug-likeness (QED) is 0.657. The van der Waals surface area contributed by atoms with E-state index in [1.807, 2.05) is 20.8 Å². The standard InChI is InChI=1S/C15H18O4/c1-8(13(16)17)9-5-6-11-10(7-9)12(14(18)19-11)15(2,3)4/h5-8,12H,1-4H3,(H,16,17). The Morgan fingerprint density at radius 3 is 2.53 bits per heavy atom. The van der Waals surface area contributed by atoms with Crippen molar-refractivity contribution in [3.63, 3.8) is 0 Å². The Hall–Kier alpha value is -1.84. The first-order valence-electron chi connectivity index (χ1n) is 6.30. The molecule has 0 saturated carbocycles. The highest BCUT2D eigenvalue weighted by Gasteiger charge is 2.41. The zero-order chi connectivity index (χ0) is 14.4. The molecule has 0 bridgehead atoms. The molecule has 0 saturated heterocycles. The summed E-state index contributed by atoms with van der Waals surface area (Å²) >= 11 is 0. The summed E-state index contributed by atoms with van der Waals surface area (Å²) in [6.07, 6.45) is 0. The van der Waals surface area contributed by atoms with Gasteiger partial charge in [0.25, 0.3) is 0 Å². The molecule has 2 unspecified atom stereocenters. The molecule has 1 aromatic carbocycles. The van der Waals surface area contributed by atoms with Crippen molar-refractivity contribution in [1.82, 2.24) is 0 Å². The molecule has 0 amide bonds. The molecule has 2 rings (SSSR count). The van der Waals surface area contributed by atoms with Gasteiger partial charge in [-0.3, -0.25) is 9.59 Å². The van der Waals surface area contributed by atoms with Crippen LogP contribution in [0.3, 0.4) is 0 Å². The first-order valence-corrected chi connectivity index (χ1v) is 6.30. The van der Waals surface area contributed by atoms with E-state index < -0.39 is 11.9 Å². The minimum Gasteiger partial charge on any atom is -0.481 e. The highest BCUT2D eigenvalue weighted by Crippen LogP contribution is 2.45. The Balaban J connectivity index is 2.48. The third-order valence-corrected chi connectivity index (χ3v) is 3.53. The smallest absolute Gasteiger partial charge is 0.319 e. The van der Waals surface area contributed by atoms with E-state index in [0.29, 0.717) is 11.3 Å². The van der Waals surface area contributed by atoms with E-state index >= 15 is 0 Å². The van der Waals surface area contributed by atoms with Gasteiger partial charge in [0.2, 0.25) is 0 Å². The molecule has 102 valence electrons. The van der Waals surface area contributed by atoms with E-state index in [-0.39, 0.29) is 17.3 Å². The van der Waals surface area contributed by atoms with Gasteiger partial charge < -0.3 is 9.84 Å². The van der Waals surface area contributed by atoms with Crippen LogP contribution in [0.15, 0.2) is 18.2 Å². The number of fused-ring (bicyclic) bond motifs is 1. The number of benzene rings is 1. The lowest BCUT2D eigenvalue weighted by atomic mass is 9.76. The normalized spacial score (nSPS) is 19.8. The van der Waals surface area contributed by atoms with Gasteiger partial charge in [-0.05, 0) is 24.0 Å². The maximum atomic E-state index is 12.0. The summed E-state index contributed by atoms with van der Waals surface area (Å²) in [7, 11) is 0. The fraction of sp³-hybridized carbons (Fsp3) is 0.467. The van der Waals surface area contributed by atoms with Crippen LogP contribution in [0.2, 0.25) is 0 Å². The summed E-state index contributed by atoms with van der Waals surface area (Å²) in [6.45, 7) is 7.55. The predicted molar refractivity (Wildman–Crippen MR) is 70.3 cm³/mol. The average molecular weight is 262 g/mol. The number of hydrogen-bond donors (Lipinski definition) is 1. The molecule has 1 aliphatic heterocycles. The molecule has 0 fully saturated rings. The summed E-state index contributed by atoms with van der Waals surface area (Å²) < 4.78 is 5.25. The van der Waals surface area contributed by atoms with E-state index in [9.17, 15) is 9.59 Å². The number of hydrogen-bond acceptors (Lipinski definition) is 3. The SMILES string of the molecule is CC(C(=O)O)c1ccc2c(c1)C(C(C)(C)C)C(=O)O2. The van der Waals surface area contributed by atoms with Crippen LogP contribution >= 0.6 is 0 Å². The molecule has 1 aliphatic rings. The van der Waals surface area contributed by atoms with Gasteiger partial charge in [-0.2, -0.15) is 0 Å². The second kappa shape index (κ2) is 4.37. The molecule has 19 heavy (non-hydrogen) atoms. The third kappa shape index (κ3) is 2.35. The van der Waals surface area contributed by atoms with Crippen LogP contribution in [0.1, 0.15) is 50.7 Å². The monoisotopic (exact) mass is 262 g/mol. The third-order valence-electron chi connectivity index (χ3n) is 3.53. The molecule has 0 spiro atoms. The van der Waals surface area contributed by atoms with Gasteiger partial charge in [0.1, 0.15) is 5.75 Å². The molecular formula is C15H18O4. The molecule has 1 heterocycles. The van der Waals surface area contributed by atoms with E-state index in [2.05, 4.69) is 0 Å². The summed E-state index contributed by atoms with van der Waals surface area (Å²) in [5.41, 5.74) is 1.23. The summed E-state index contributed by atoms with van der Waals surface area (Å²) in [5.74, 6) is -1.53. The predicted octanol–water partition coefficient (Wildman–Crippen LogP) is 2.92. The molecular weight excluding hydrogens is 244 g/mol. The minimum atomic E-state index is -0.877. The second-order valence-electron chi connectivity index (χ2n) is 6.08. The maximum Gasteiger partial charge on any atom is 0.319 e. The molecule has 0 radical (unpaired) electrons. The molecule has 0 aliphatic carbocycles. The summed E-state index contributed by atoms with van der Waals surface area (Å²) in [6, 6.07) is 5.18. The summed E-state index contributed by atoms with van der Waals surface area (Å²) in [5, 5.41) is 9.06. The van der Waals surface area contributed by atoms with Crippen LogP contribution in [0, 0.1) is 5.41 Å². The number of esters is 1. The lowest BCUT2D eigenvalue weighted by Gasteiger charge is -2.24. The second-order valence-corrected chi connectivity index (χ2v) is 6.08. The fourth-order valence-corrected chi connectivity index (χ4v) is 2.41. The van der Waals surface area contributed by atoms with Crippen molar-refractivity contribution in [1.29, 1.82) is 0 Å². The Morgan fingerprint density at radius 1 is 1.37 bits per heavy atom. The van der Waals surface area contributed by atoms with Crippen molar-refractivity contribution in [2.75, 3.05) is 0 Å². The number of carbonyl (C=O) groups is 2. The van der Waals surface area contributed by atoms with Crippen molar-refractivity contribution >= 4 is 11.9 Å². The molecule has 0 aromatic heterocycles. The van der Waals surface area contributed by atoms with E-state index in [4.69, 9.17) is 9.84 Å². The topological polar surface area (TPSA) is 63.6 Å². The van der Waals surface area contributed by atoms with Crippen molar-refractivity contribution in [2.45, 2.75) is 39.5 Å². The number of carboxylic acids is 1. The van der Waals surface area contributed by atoms with Crippen LogP contribution in [0.25, 0.3) is 0 Å². The number of carboxylic acid groups (broad SMARTS) is 1. The van der Waals surface area contributed by atoms with Crippen molar-refractivity contribution in [3.8, 4) is 5.75 Å². The van der Waals surface area contributed by atoms with Crippen molar-refractivity contribution in [2.24, 2.45) is 5.41 Å². The Kier molecular flexibility index (Phi) is 3.12. The Morgan fingerprint density at radius 2 is 2.00 bits per heavy atom. The Labute approximate surface area is 112 Å². The number of aliphatic carboxylic acids is 1. The molecule has 2 atom stereocenters. The number of carbonyl (C=O) groups excluding carboxylic acids is 1. The zero-order valence-electron chi connectivity index (χ0n) is 11.6. The first-order chi connectivity index (χ1) is 8.71. The van der Waals surface area contributed by atoms with E-state index in [0.717, 1.165) is 5.56 Å². The van der Waals surface area contributed by atoms with Gasteiger partial charge in [0, 0.05) is 5.56 Å². The van der Waals surface area contributed by atoms with Crippen molar-refractivity contribution in [3.05, 3.63) is 29.3 Å². The van der Waals surface area contributed by atoms with Gasteiger partial charge in [-0.25, -0.2) is 0 Å². The maximum absolute atomic E-state index is 12.0. The minimum absolute atomic E-state index is 0.257. The van der Waals surface area contributed by atoms with Gasteiger partial charge >= 0.3 is 11.9 Å². The highest BCUT2D eigenvalue weighted by molar-refractivity contribution is 5.87. The van der Waals surface area contributed by atoms with Gasteiger partial charge in [0.05, 0.1) is 11.8 Å². The van der Waals surface area contributed by atoms with E-state index in [1.54, 1.807) is 25.1 Å². The molecule has 4 nitrogen and oxygen atoms in total.